The van der Waals surface area contributed by atoms with Crippen LogP contribution in [-0.2, 0) is 9.53 Å². The molecule has 0 bridgehead atoms. The second kappa shape index (κ2) is 12.0. The van der Waals surface area contributed by atoms with Crippen LogP contribution in [0.25, 0.3) is 11.8 Å². The molecule has 0 saturated carbocycles. The highest BCUT2D eigenvalue weighted by molar-refractivity contribution is 14.1. The number of allylic oxidation sites excluding steroid dienone is 1. The Morgan fingerprint density at radius 2 is 1.86 bits per heavy atom. The lowest BCUT2D eigenvalue weighted by molar-refractivity contribution is -0.139. The van der Waals surface area contributed by atoms with E-state index >= 15 is 0 Å². The van der Waals surface area contributed by atoms with Gasteiger partial charge in [-0.15, -0.1) is 0 Å². The smallest absolute Gasteiger partial charge is 0.338 e. The molecule has 0 aliphatic carbocycles. The van der Waals surface area contributed by atoms with Crippen LogP contribution in [0.1, 0.15) is 61.8 Å². The van der Waals surface area contributed by atoms with Crippen LogP contribution in [0.5, 0.6) is 5.75 Å². The van der Waals surface area contributed by atoms with E-state index in [2.05, 4.69) is 72.2 Å². The summed E-state index contributed by atoms with van der Waals surface area (Å²) in [5.74, 6) is 0.119. The maximum atomic E-state index is 14.2. The van der Waals surface area contributed by atoms with Gasteiger partial charge in [0.05, 0.1) is 28.5 Å². The average Bonchev–Trinajstić information content (AvgIpc) is 3.39. The summed E-state index contributed by atoms with van der Waals surface area (Å²) in [5, 5.41) is 0. The van der Waals surface area contributed by atoms with Crippen molar-refractivity contribution in [2.45, 2.75) is 60.6 Å². The van der Waals surface area contributed by atoms with Gasteiger partial charge in [0.15, 0.2) is 4.80 Å². The number of hydrogen-bond acceptors (Lipinski definition) is 6. The van der Waals surface area contributed by atoms with Crippen molar-refractivity contribution in [2.24, 2.45) is 4.99 Å². The van der Waals surface area contributed by atoms with E-state index in [1.807, 2.05) is 44.2 Å². The number of aryl methyl sites for hydroxylation is 2. The number of thiazole rings is 1. The highest BCUT2D eigenvalue weighted by Gasteiger charge is 2.35. The number of para-hydroxylation sites is 1. The molecule has 0 saturated heterocycles. The van der Waals surface area contributed by atoms with Gasteiger partial charge >= 0.3 is 5.97 Å². The molecule has 0 unspecified atom stereocenters. The molecule has 5 rings (SSSR count). The summed E-state index contributed by atoms with van der Waals surface area (Å²) in [5.41, 5.74) is 6.73. The van der Waals surface area contributed by atoms with E-state index in [9.17, 15) is 9.59 Å². The summed E-state index contributed by atoms with van der Waals surface area (Å²) in [6.45, 7) is 13.9. The molecule has 0 amide bonds. The number of esters is 1. The Bertz CT molecular complexity index is 1910. The molecule has 7 nitrogen and oxygen atoms in total. The van der Waals surface area contributed by atoms with Gasteiger partial charge in [0.2, 0.25) is 0 Å². The quantitative estimate of drug-likeness (QED) is 0.178. The van der Waals surface area contributed by atoms with Crippen LogP contribution in [0, 0.1) is 24.3 Å². The topological polar surface area (TPSA) is 74.8 Å². The summed E-state index contributed by atoms with van der Waals surface area (Å²) < 4.78 is 17.1. The molecule has 2 aromatic heterocycles. The van der Waals surface area contributed by atoms with Crippen molar-refractivity contribution < 1.29 is 14.3 Å². The minimum Gasteiger partial charge on any atom is -0.491 e. The normalized spacial score (nSPS) is 15.2. The zero-order valence-corrected chi connectivity index (χ0v) is 27.8. The van der Waals surface area contributed by atoms with E-state index in [1.165, 1.54) is 20.5 Å². The molecule has 0 N–H and O–H groups in total. The number of nitrogens with zero attached hydrogens (tertiary/aromatic N) is 3. The number of fused-ring (bicyclic) bond motifs is 1. The van der Waals surface area contributed by atoms with Gasteiger partial charge < -0.3 is 14.0 Å². The number of carbonyl (C=O) groups is 1. The molecule has 4 aromatic rings. The highest BCUT2D eigenvalue weighted by Crippen LogP contribution is 2.36. The lowest BCUT2D eigenvalue weighted by Gasteiger charge is -2.26. The zero-order valence-electron chi connectivity index (χ0n) is 24.8. The van der Waals surface area contributed by atoms with Gasteiger partial charge in [-0.05, 0) is 113 Å². The first-order valence-corrected chi connectivity index (χ1v) is 15.8. The molecule has 3 heterocycles. The van der Waals surface area contributed by atoms with Gasteiger partial charge in [-0.25, -0.2) is 9.79 Å². The number of aromatic nitrogens is 2. The zero-order chi connectivity index (χ0) is 30.3. The summed E-state index contributed by atoms with van der Waals surface area (Å²) in [4.78, 5) is 32.7. The van der Waals surface area contributed by atoms with Gasteiger partial charge in [-0.1, -0.05) is 35.6 Å². The predicted octanol–water partition coefficient (Wildman–Crippen LogP) is 5.91. The number of hydrogen-bond donors (Lipinski definition) is 0. The van der Waals surface area contributed by atoms with Crippen molar-refractivity contribution in [3.63, 3.8) is 0 Å². The van der Waals surface area contributed by atoms with Gasteiger partial charge in [0, 0.05) is 26.2 Å². The Kier molecular flexibility index (Phi) is 8.61. The summed E-state index contributed by atoms with van der Waals surface area (Å²) in [6, 6.07) is 15.3. The van der Waals surface area contributed by atoms with Crippen molar-refractivity contribution in [3.05, 3.63) is 111 Å². The van der Waals surface area contributed by atoms with Crippen molar-refractivity contribution >= 4 is 46.0 Å². The van der Waals surface area contributed by atoms with Crippen LogP contribution in [0.3, 0.4) is 0 Å². The van der Waals surface area contributed by atoms with Crippen molar-refractivity contribution in [2.75, 3.05) is 6.61 Å². The third-order valence-electron chi connectivity index (χ3n) is 7.26. The van der Waals surface area contributed by atoms with E-state index in [4.69, 9.17) is 14.5 Å². The van der Waals surface area contributed by atoms with E-state index in [0.717, 1.165) is 22.6 Å². The fraction of sp³-hybridized carbons (Fsp3) is 0.303. The van der Waals surface area contributed by atoms with E-state index in [-0.39, 0.29) is 18.3 Å². The number of halogens is 1. The number of carbonyl (C=O) groups excluding carboxylic acids is 1. The summed E-state index contributed by atoms with van der Waals surface area (Å²) >= 11 is 3.68. The number of benzene rings is 2. The Balaban J connectivity index is 1.71. The Labute approximate surface area is 263 Å². The number of ether oxygens (including phenoxy) is 2. The molecular formula is C33H34IN3O4S. The second-order valence-corrected chi connectivity index (χ2v) is 12.8. The molecule has 42 heavy (non-hydrogen) atoms. The molecule has 2 aromatic carbocycles. The van der Waals surface area contributed by atoms with Gasteiger partial charge in [0.1, 0.15) is 11.8 Å². The predicted molar refractivity (Wildman–Crippen MR) is 175 cm³/mol. The van der Waals surface area contributed by atoms with E-state index in [1.54, 1.807) is 18.4 Å². The van der Waals surface area contributed by atoms with Gasteiger partial charge in [-0.2, -0.15) is 0 Å². The van der Waals surface area contributed by atoms with E-state index < -0.39 is 12.0 Å². The van der Waals surface area contributed by atoms with Crippen molar-refractivity contribution in [3.8, 4) is 11.4 Å². The Morgan fingerprint density at radius 1 is 1.12 bits per heavy atom. The van der Waals surface area contributed by atoms with E-state index in [0.29, 0.717) is 31.9 Å². The largest absolute Gasteiger partial charge is 0.491 e. The monoisotopic (exact) mass is 695 g/mol. The maximum absolute atomic E-state index is 14.2. The number of rotatable bonds is 7. The molecule has 0 radical (unpaired) electrons. The van der Waals surface area contributed by atoms with Gasteiger partial charge in [0.25, 0.3) is 5.56 Å². The summed E-state index contributed by atoms with van der Waals surface area (Å²) in [7, 11) is 0. The highest BCUT2D eigenvalue weighted by atomic mass is 127. The molecule has 1 aliphatic heterocycles. The first kappa shape index (κ1) is 30.0. The minimum atomic E-state index is -0.737. The molecule has 0 fully saturated rings. The standard InChI is InChI=1S/C33H34IN3O4S/c1-8-40-32(39)29-21(6)35-33-37(30(29)25-11-9-10-12-27(25)41-18(2)3)31(38)28(42-33)16-23-15-20(5)36(22(23)7)24-14-13-19(4)26(34)17-24/h9-18,30H,8H2,1-7H3/b28-16-/t30-/m0/s1. The molecule has 218 valence electrons. The average molecular weight is 696 g/mol. The third-order valence-corrected chi connectivity index (χ3v) is 9.41. The molecule has 0 spiro atoms. The second-order valence-electron chi connectivity index (χ2n) is 10.6. The SMILES string of the molecule is CCOC(=O)C1=C(C)N=c2s/c(=C\c3cc(C)n(-c4ccc(C)c(I)c4)c3C)c(=O)n2[C@H]1c1ccccc1OC(C)C. The molecule has 1 aliphatic rings. The third kappa shape index (κ3) is 5.51. The maximum Gasteiger partial charge on any atom is 0.338 e. The van der Waals surface area contributed by atoms with Crippen molar-refractivity contribution in [1.82, 2.24) is 9.13 Å². The molecular weight excluding hydrogens is 661 g/mol. The molecule has 9 heteroatoms. The van der Waals surface area contributed by atoms with Crippen LogP contribution >= 0.6 is 33.9 Å². The fourth-order valence-electron chi connectivity index (χ4n) is 5.35. The van der Waals surface area contributed by atoms with Crippen LogP contribution in [0.2, 0.25) is 0 Å². The van der Waals surface area contributed by atoms with Crippen LogP contribution < -0.4 is 19.6 Å². The van der Waals surface area contributed by atoms with Crippen LogP contribution in [0.15, 0.2) is 69.6 Å². The lowest BCUT2D eigenvalue weighted by atomic mass is 9.95. The first-order chi connectivity index (χ1) is 20.0. The van der Waals surface area contributed by atoms with Gasteiger partial charge in [-0.3, -0.25) is 9.36 Å². The lowest BCUT2D eigenvalue weighted by Crippen LogP contribution is -2.40. The Hall–Kier alpha value is -3.44. The minimum absolute atomic E-state index is 0.0924. The van der Waals surface area contributed by atoms with Crippen LogP contribution in [0.4, 0.5) is 0 Å². The fourth-order valence-corrected chi connectivity index (χ4v) is 6.88. The first-order valence-electron chi connectivity index (χ1n) is 13.9. The van der Waals surface area contributed by atoms with Crippen LogP contribution in [-0.4, -0.2) is 27.8 Å². The molecule has 1 atom stereocenters. The summed E-state index contributed by atoms with van der Waals surface area (Å²) in [6.07, 6.45) is 1.84. The van der Waals surface area contributed by atoms with Crippen molar-refractivity contribution in [1.29, 1.82) is 0 Å². The Morgan fingerprint density at radius 3 is 2.55 bits per heavy atom.